The lowest BCUT2D eigenvalue weighted by molar-refractivity contribution is 0.152. The van der Waals surface area contributed by atoms with Gasteiger partial charge in [0.1, 0.15) is 0 Å². The summed E-state index contributed by atoms with van der Waals surface area (Å²) in [5.41, 5.74) is 1.28. The number of hydrogen-bond donors (Lipinski definition) is 1. The van der Waals surface area contributed by atoms with E-state index in [1.165, 1.54) is 5.57 Å². The van der Waals surface area contributed by atoms with Crippen molar-refractivity contribution < 1.29 is 5.11 Å². The van der Waals surface area contributed by atoms with Crippen LogP contribution in [0.5, 0.6) is 0 Å². The molecular formula is C7H16OSi. The van der Waals surface area contributed by atoms with Crippen molar-refractivity contribution in [3.05, 3.63) is 11.6 Å². The van der Waals surface area contributed by atoms with Crippen LogP contribution in [0, 0.1) is 0 Å². The number of rotatable bonds is 2. The molecule has 0 aliphatic heterocycles. The Bertz CT molecular complexity index is 107. The Hall–Kier alpha value is -0.0831. The smallest absolute Gasteiger partial charge is 0.0458 e. The van der Waals surface area contributed by atoms with E-state index in [1.807, 2.05) is 20.8 Å². The molecule has 54 valence electrons. The van der Waals surface area contributed by atoms with Gasteiger partial charge in [-0.25, -0.2) is 0 Å². The average molecular weight is 144 g/mol. The zero-order chi connectivity index (χ0) is 7.49. The zero-order valence-electron chi connectivity index (χ0n) is 6.73. The highest BCUT2D eigenvalue weighted by Gasteiger charge is 2.08. The second-order valence-corrected chi connectivity index (χ2v) is 5.45. The lowest BCUT2D eigenvalue weighted by Crippen LogP contribution is -2.22. The molecule has 1 nitrogen and oxygen atoms in total. The van der Waals surface area contributed by atoms with Crippen LogP contribution in [0.15, 0.2) is 11.6 Å². The van der Waals surface area contributed by atoms with Crippen molar-refractivity contribution in [3.8, 4) is 0 Å². The quantitative estimate of drug-likeness (QED) is 0.440. The Balaban J connectivity index is 3.64. The fourth-order valence-corrected chi connectivity index (χ4v) is 0.658. The first-order chi connectivity index (χ1) is 3.92. The maximum atomic E-state index is 9.28. The molecule has 1 N–H and O–H groups in total. The molecule has 0 aromatic heterocycles. The van der Waals surface area contributed by atoms with Crippen molar-refractivity contribution >= 4 is 10.2 Å². The predicted molar refractivity (Wildman–Crippen MR) is 44.6 cm³/mol. The summed E-state index contributed by atoms with van der Waals surface area (Å²) in [6, 6.07) is 0. The largest absolute Gasteiger partial charge is 0.394 e. The first-order valence-electron chi connectivity index (χ1n) is 3.27. The molecule has 1 atom stereocenters. The molecule has 0 aliphatic rings. The predicted octanol–water partition coefficient (Wildman–Crippen LogP) is 0.417. The Morgan fingerprint density at radius 1 is 1.67 bits per heavy atom. The van der Waals surface area contributed by atoms with Crippen LogP contribution in [0.4, 0.5) is 0 Å². The number of allylic oxidation sites excluding steroid dienone is 1. The minimum Gasteiger partial charge on any atom is -0.394 e. The summed E-state index contributed by atoms with van der Waals surface area (Å²) in [4.78, 5) is 0. The monoisotopic (exact) mass is 144 g/mol. The third-order valence-corrected chi connectivity index (χ3v) is 1.42. The molecule has 0 spiro atoms. The Morgan fingerprint density at radius 2 is 2.11 bits per heavy atom. The highest BCUT2D eigenvalue weighted by molar-refractivity contribution is 6.14. The molecule has 0 aromatic carbocycles. The van der Waals surface area contributed by atoms with Crippen molar-refractivity contribution in [3.63, 3.8) is 0 Å². The highest BCUT2D eigenvalue weighted by Crippen LogP contribution is 2.05. The van der Waals surface area contributed by atoms with Crippen LogP contribution in [0.25, 0.3) is 0 Å². The van der Waals surface area contributed by atoms with Gasteiger partial charge in [-0.15, -0.1) is 0 Å². The summed E-state index contributed by atoms with van der Waals surface area (Å²) in [6.07, 6.45) is 2.88. The van der Waals surface area contributed by atoms with E-state index in [0.717, 1.165) is 16.7 Å². The minimum atomic E-state index is -0.405. The van der Waals surface area contributed by atoms with Crippen molar-refractivity contribution in [1.29, 1.82) is 0 Å². The molecule has 0 radical (unpaired) electrons. The van der Waals surface area contributed by atoms with Crippen molar-refractivity contribution in [2.75, 3.05) is 0 Å². The van der Waals surface area contributed by atoms with Crippen molar-refractivity contribution in [2.45, 2.75) is 32.4 Å². The molecule has 0 saturated carbocycles. The summed E-state index contributed by atoms with van der Waals surface area (Å²) < 4.78 is 0. The molecule has 0 aliphatic carbocycles. The maximum Gasteiger partial charge on any atom is 0.0458 e. The average Bonchev–Trinajstić information content (AvgIpc) is 1.59. The fraction of sp³-hybridized carbons (Fsp3) is 0.714. The van der Waals surface area contributed by atoms with Crippen molar-refractivity contribution in [1.82, 2.24) is 0 Å². The van der Waals surface area contributed by atoms with Gasteiger partial charge in [0.15, 0.2) is 0 Å². The summed E-state index contributed by atoms with van der Waals surface area (Å²) in [6.45, 7) is 5.97. The molecule has 0 amide bonds. The molecule has 0 aromatic rings. The lowest BCUT2D eigenvalue weighted by atomic mass is 10.2. The van der Waals surface area contributed by atoms with Crippen LogP contribution in [-0.4, -0.2) is 20.6 Å². The minimum absolute atomic E-state index is 0.405. The summed E-state index contributed by atoms with van der Waals surface area (Å²) in [5.74, 6) is 0. The molecular weight excluding hydrogens is 128 g/mol. The third-order valence-electron chi connectivity index (χ3n) is 1.01. The van der Waals surface area contributed by atoms with Gasteiger partial charge in [-0.1, -0.05) is 11.6 Å². The van der Waals surface area contributed by atoms with Crippen LogP contribution >= 0.6 is 0 Å². The second kappa shape index (κ2) is 3.18. The number of hydrogen-bond acceptors (Lipinski definition) is 1. The van der Waals surface area contributed by atoms with Gasteiger partial charge in [0.05, 0.1) is 0 Å². The van der Waals surface area contributed by atoms with E-state index in [2.05, 4.69) is 6.08 Å². The summed E-state index contributed by atoms with van der Waals surface area (Å²) >= 11 is 0. The highest BCUT2D eigenvalue weighted by atomic mass is 28.1. The first-order valence-corrected chi connectivity index (χ1v) is 4.27. The van der Waals surface area contributed by atoms with Crippen LogP contribution in [0.2, 0.25) is 0 Å². The standard InChI is InChI=1S/C7H16OSi/c1-6(2)4-5-7(3,8)9/h4,8H,5H2,1-3,9H3. The Morgan fingerprint density at radius 3 is 2.22 bits per heavy atom. The van der Waals surface area contributed by atoms with E-state index in [-0.39, 0.29) is 0 Å². The van der Waals surface area contributed by atoms with Gasteiger partial charge in [0.25, 0.3) is 0 Å². The molecule has 0 heterocycles. The zero-order valence-corrected chi connectivity index (χ0v) is 8.73. The van der Waals surface area contributed by atoms with Gasteiger partial charge in [0, 0.05) is 15.5 Å². The summed E-state index contributed by atoms with van der Waals surface area (Å²) in [5, 5.41) is 8.88. The maximum absolute atomic E-state index is 9.28. The first kappa shape index (κ1) is 8.92. The molecule has 0 fully saturated rings. The van der Waals surface area contributed by atoms with Crippen LogP contribution < -0.4 is 0 Å². The van der Waals surface area contributed by atoms with E-state index in [1.54, 1.807) is 0 Å². The van der Waals surface area contributed by atoms with E-state index in [9.17, 15) is 5.11 Å². The van der Waals surface area contributed by atoms with Gasteiger partial charge < -0.3 is 5.11 Å². The second-order valence-electron chi connectivity index (χ2n) is 3.30. The molecule has 0 bridgehead atoms. The lowest BCUT2D eigenvalue weighted by Gasteiger charge is -2.13. The molecule has 0 saturated heterocycles. The van der Waals surface area contributed by atoms with Gasteiger partial charge >= 0.3 is 0 Å². The van der Waals surface area contributed by atoms with Crippen LogP contribution in [-0.2, 0) is 0 Å². The van der Waals surface area contributed by atoms with Gasteiger partial charge in [-0.2, -0.15) is 0 Å². The molecule has 1 unspecified atom stereocenters. The van der Waals surface area contributed by atoms with E-state index >= 15 is 0 Å². The van der Waals surface area contributed by atoms with E-state index < -0.39 is 5.22 Å². The van der Waals surface area contributed by atoms with Crippen molar-refractivity contribution in [2.24, 2.45) is 0 Å². The Labute approximate surface area is 60.2 Å². The normalized spacial score (nSPS) is 16.9. The van der Waals surface area contributed by atoms with E-state index in [4.69, 9.17) is 0 Å². The van der Waals surface area contributed by atoms with Crippen LogP contribution in [0.1, 0.15) is 27.2 Å². The van der Waals surface area contributed by atoms with Gasteiger partial charge in [-0.05, 0) is 27.2 Å². The van der Waals surface area contributed by atoms with E-state index in [0.29, 0.717) is 0 Å². The molecule has 2 heteroatoms. The van der Waals surface area contributed by atoms with Gasteiger partial charge in [0.2, 0.25) is 0 Å². The van der Waals surface area contributed by atoms with Gasteiger partial charge in [-0.3, -0.25) is 0 Å². The fourth-order valence-electron chi connectivity index (χ4n) is 0.454. The molecule has 0 rings (SSSR count). The Kier molecular flexibility index (Phi) is 3.15. The topological polar surface area (TPSA) is 20.2 Å². The summed E-state index contributed by atoms with van der Waals surface area (Å²) in [7, 11) is 0.845. The third kappa shape index (κ3) is 7.92. The van der Waals surface area contributed by atoms with Crippen LogP contribution in [0.3, 0.4) is 0 Å². The molecule has 9 heavy (non-hydrogen) atoms. The number of aliphatic hydroxyl groups is 1. The SMILES string of the molecule is CC(C)=CCC(C)(O)[SiH3].